The van der Waals surface area contributed by atoms with Crippen LogP contribution in [0.4, 0.5) is 9.18 Å². The van der Waals surface area contributed by atoms with E-state index in [4.69, 9.17) is 0 Å². The van der Waals surface area contributed by atoms with Crippen molar-refractivity contribution in [3.63, 3.8) is 0 Å². The van der Waals surface area contributed by atoms with Crippen LogP contribution in [0.15, 0.2) is 67.0 Å². The molecule has 8 heteroatoms. The van der Waals surface area contributed by atoms with Crippen molar-refractivity contribution in [3.05, 3.63) is 83.9 Å². The summed E-state index contributed by atoms with van der Waals surface area (Å²) in [6.07, 6.45) is 4.28. The zero-order chi connectivity index (χ0) is 20.5. The Morgan fingerprint density at radius 3 is 2.34 bits per heavy atom. The van der Waals surface area contributed by atoms with Gasteiger partial charge in [-0.25, -0.2) is 13.9 Å². The van der Waals surface area contributed by atoms with Gasteiger partial charge in [-0.3, -0.25) is 4.79 Å². The highest BCUT2D eigenvalue weighted by Gasteiger charge is 2.05. The van der Waals surface area contributed by atoms with E-state index < -0.39 is 6.03 Å². The van der Waals surface area contributed by atoms with E-state index in [2.05, 4.69) is 21.0 Å². The summed E-state index contributed by atoms with van der Waals surface area (Å²) in [5, 5.41) is 12.0. The number of amides is 3. The molecular formula is C21H22FN5O2. The van der Waals surface area contributed by atoms with Gasteiger partial charge in [0.15, 0.2) is 0 Å². The third-order valence-corrected chi connectivity index (χ3v) is 4.22. The number of halogens is 1. The van der Waals surface area contributed by atoms with Crippen LogP contribution in [0.1, 0.15) is 11.1 Å². The molecule has 0 saturated carbocycles. The van der Waals surface area contributed by atoms with Crippen molar-refractivity contribution >= 4 is 11.9 Å². The van der Waals surface area contributed by atoms with Gasteiger partial charge in [0.2, 0.25) is 5.91 Å². The van der Waals surface area contributed by atoms with Crippen LogP contribution in [0.5, 0.6) is 0 Å². The number of hydrogen-bond donors (Lipinski definition) is 3. The molecular weight excluding hydrogens is 373 g/mol. The molecule has 29 heavy (non-hydrogen) atoms. The lowest BCUT2D eigenvalue weighted by Crippen LogP contribution is -2.42. The smallest absolute Gasteiger partial charge is 0.315 e. The number of urea groups is 1. The highest BCUT2D eigenvalue weighted by molar-refractivity contribution is 5.83. The third-order valence-electron chi connectivity index (χ3n) is 4.22. The first-order valence-electron chi connectivity index (χ1n) is 9.22. The molecule has 3 rings (SSSR count). The summed E-state index contributed by atoms with van der Waals surface area (Å²) in [6, 6.07) is 15.1. The van der Waals surface area contributed by atoms with E-state index in [9.17, 15) is 14.0 Å². The van der Waals surface area contributed by atoms with E-state index in [1.54, 1.807) is 23.0 Å². The van der Waals surface area contributed by atoms with E-state index in [-0.39, 0.29) is 24.8 Å². The first kappa shape index (κ1) is 20.1. The molecule has 0 radical (unpaired) electrons. The molecule has 150 valence electrons. The molecule has 0 spiro atoms. The van der Waals surface area contributed by atoms with Crippen LogP contribution in [0.3, 0.4) is 0 Å². The van der Waals surface area contributed by atoms with Crippen LogP contribution in [-0.2, 0) is 17.8 Å². The molecule has 1 aromatic heterocycles. The summed E-state index contributed by atoms with van der Waals surface area (Å²) in [5.41, 5.74) is 2.83. The summed E-state index contributed by atoms with van der Waals surface area (Å²) >= 11 is 0. The average Bonchev–Trinajstić information content (AvgIpc) is 3.27. The Kier molecular flexibility index (Phi) is 6.94. The third kappa shape index (κ3) is 6.46. The molecule has 3 amide bonds. The minimum atomic E-state index is -0.460. The number of benzene rings is 2. The number of carbonyl (C=O) groups is 2. The van der Waals surface area contributed by atoms with Crippen LogP contribution >= 0.6 is 0 Å². The topological polar surface area (TPSA) is 88.0 Å². The first-order valence-corrected chi connectivity index (χ1v) is 9.22. The highest BCUT2D eigenvalue weighted by Crippen LogP contribution is 2.08. The van der Waals surface area contributed by atoms with Crippen molar-refractivity contribution in [3.8, 4) is 5.69 Å². The molecule has 0 aliphatic carbocycles. The maximum atomic E-state index is 12.8. The molecule has 0 unspecified atom stereocenters. The van der Waals surface area contributed by atoms with Gasteiger partial charge in [0.05, 0.1) is 12.2 Å². The summed E-state index contributed by atoms with van der Waals surface area (Å²) in [6.45, 7) is 0.606. The highest BCUT2D eigenvalue weighted by atomic mass is 19.1. The Balaban J connectivity index is 1.31. The van der Waals surface area contributed by atoms with Crippen LogP contribution in [0, 0.1) is 5.82 Å². The maximum absolute atomic E-state index is 12.8. The van der Waals surface area contributed by atoms with Gasteiger partial charge in [0.25, 0.3) is 0 Å². The normalized spacial score (nSPS) is 10.4. The second kappa shape index (κ2) is 10.0. The lowest BCUT2D eigenvalue weighted by molar-refractivity contribution is -0.120. The molecule has 0 bridgehead atoms. The van der Waals surface area contributed by atoms with Crippen LogP contribution in [-0.4, -0.2) is 34.8 Å². The van der Waals surface area contributed by atoms with E-state index in [0.29, 0.717) is 13.0 Å². The monoisotopic (exact) mass is 395 g/mol. The standard InChI is InChI=1S/C21H22FN5O2/c22-18-6-2-17(3-7-18)14-24-21(29)25-15-20(28)23-12-10-16-4-8-19(9-5-16)27-13-1-11-26-27/h1-9,11,13H,10,12,14-15H2,(H,23,28)(H2,24,25,29). The molecule has 0 atom stereocenters. The van der Waals surface area contributed by atoms with Crippen molar-refractivity contribution in [2.24, 2.45) is 0 Å². The van der Waals surface area contributed by atoms with Gasteiger partial charge in [-0.1, -0.05) is 24.3 Å². The molecule has 0 aliphatic rings. The maximum Gasteiger partial charge on any atom is 0.315 e. The number of hydrogen-bond acceptors (Lipinski definition) is 3. The van der Waals surface area contributed by atoms with Gasteiger partial charge in [0.1, 0.15) is 5.82 Å². The number of aromatic nitrogens is 2. The number of rotatable bonds is 8. The van der Waals surface area contributed by atoms with E-state index >= 15 is 0 Å². The van der Waals surface area contributed by atoms with Crippen LogP contribution in [0.2, 0.25) is 0 Å². The van der Waals surface area contributed by atoms with Gasteiger partial charge in [-0.2, -0.15) is 5.10 Å². The first-order chi connectivity index (χ1) is 14.1. The predicted molar refractivity (Wildman–Crippen MR) is 107 cm³/mol. The SMILES string of the molecule is O=C(CNC(=O)NCc1ccc(F)cc1)NCCc1ccc(-n2cccn2)cc1. The molecule has 2 aromatic carbocycles. The van der Waals surface area contributed by atoms with E-state index in [1.807, 2.05) is 36.5 Å². The van der Waals surface area contributed by atoms with Gasteiger partial charge >= 0.3 is 6.03 Å². The Morgan fingerprint density at radius 2 is 1.66 bits per heavy atom. The molecule has 3 N–H and O–H groups in total. The Bertz CT molecular complexity index is 925. The summed E-state index contributed by atoms with van der Waals surface area (Å²) in [5.74, 6) is -0.598. The molecule has 0 fully saturated rings. The van der Waals surface area contributed by atoms with Gasteiger partial charge < -0.3 is 16.0 Å². The molecule has 0 aliphatic heterocycles. The van der Waals surface area contributed by atoms with Crippen molar-refractivity contribution in [2.45, 2.75) is 13.0 Å². The fraction of sp³-hybridized carbons (Fsp3) is 0.190. The quantitative estimate of drug-likeness (QED) is 0.546. The van der Waals surface area contributed by atoms with Gasteiger partial charge in [-0.15, -0.1) is 0 Å². The second-order valence-electron chi connectivity index (χ2n) is 6.38. The lowest BCUT2D eigenvalue weighted by Gasteiger charge is -2.09. The fourth-order valence-corrected chi connectivity index (χ4v) is 2.65. The molecule has 3 aromatic rings. The van der Waals surface area contributed by atoms with Crippen molar-refractivity contribution in [1.82, 2.24) is 25.7 Å². The molecule has 0 saturated heterocycles. The van der Waals surface area contributed by atoms with Gasteiger partial charge in [0, 0.05) is 25.5 Å². The predicted octanol–water partition coefficient (Wildman–Crippen LogP) is 2.17. The fourth-order valence-electron chi connectivity index (χ4n) is 2.65. The Morgan fingerprint density at radius 1 is 0.931 bits per heavy atom. The van der Waals surface area contributed by atoms with Crippen LogP contribution < -0.4 is 16.0 Å². The Hall–Kier alpha value is -3.68. The zero-order valence-corrected chi connectivity index (χ0v) is 15.8. The zero-order valence-electron chi connectivity index (χ0n) is 15.8. The van der Waals surface area contributed by atoms with Crippen LogP contribution in [0.25, 0.3) is 5.69 Å². The van der Waals surface area contributed by atoms with E-state index in [0.717, 1.165) is 16.8 Å². The number of nitrogens with zero attached hydrogens (tertiary/aromatic N) is 2. The minimum absolute atomic E-state index is 0.118. The van der Waals surface area contributed by atoms with E-state index in [1.165, 1.54) is 12.1 Å². The largest absolute Gasteiger partial charge is 0.354 e. The molecule has 7 nitrogen and oxygen atoms in total. The molecule has 1 heterocycles. The van der Waals surface area contributed by atoms with Crippen molar-refractivity contribution in [2.75, 3.05) is 13.1 Å². The van der Waals surface area contributed by atoms with Crippen molar-refractivity contribution < 1.29 is 14.0 Å². The second-order valence-corrected chi connectivity index (χ2v) is 6.38. The summed E-state index contributed by atoms with van der Waals surface area (Å²) in [4.78, 5) is 23.6. The average molecular weight is 395 g/mol. The van der Waals surface area contributed by atoms with Gasteiger partial charge in [-0.05, 0) is 47.9 Å². The summed E-state index contributed by atoms with van der Waals surface area (Å²) < 4.78 is 14.6. The lowest BCUT2D eigenvalue weighted by atomic mass is 10.1. The summed E-state index contributed by atoms with van der Waals surface area (Å²) in [7, 11) is 0. The number of carbonyl (C=O) groups excluding carboxylic acids is 2. The van der Waals surface area contributed by atoms with Crippen molar-refractivity contribution in [1.29, 1.82) is 0 Å². The minimum Gasteiger partial charge on any atom is -0.354 e. The number of nitrogens with one attached hydrogen (secondary N) is 3. The Labute approximate surface area is 167 Å².